The Balaban J connectivity index is 1.52. The van der Waals surface area contributed by atoms with Crippen LogP contribution in [0, 0.1) is 0 Å². The Bertz CT molecular complexity index is 792. The van der Waals surface area contributed by atoms with Gasteiger partial charge in [0.2, 0.25) is 5.91 Å². The first-order chi connectivity index (χ1) is 12.7. The van der Waals surface area contributed by atoms with Crippen LogP contribution in [0.1, 0.15) is 50.0 Å². The molecule has 5 nitrogen and oxygen atoms in total. The van der Waals surface area contributed by atoms with Gasteiger partial charge >= 0.3 is 0 Å². The zero-order chi connectivity index (χ0) is 18.1. The second-order valence-electron chi connectivity index (χ2n) is 7.65. The number of rotatable bonds is 4. The number of methoxy groups -OCH3 is 1. The van der Waals surface area contributed by atoms with Gasteiger partial charge in [-0.3, -0.25) is 4.79 Å². The van der Waals surface area contributed by atoms with E-state index in [1.54, 1.807) is 7.11 Å². The molecule has 1 aromatic heterocycles. The largest absolute Gasteiger partial charge is 0.497 e. The molecule has 140 valence electrons. The lowest BCUT2D eigenvalue weighted by atomic mass is 9.81. The number of aryl methyl sites for hydroxylation is 1. The molecule has 0 unspecified atom stereocenters. The highest BCUT2D eigenvalue weighted by molar-refractivity contribution is 5.86. The minimum Gasteiger partial charge on any atom is -0.497 e. The first-order valence-electron chi connectivity index (χ1n) is 9.70. The van der Waals surface area contributed by atoms with E-state index < -0.39 is 0 Å². The number of hydrogen-bond acceptors (Lipinski definition) is 3. The molecule has 3 atom stereocenters. The van der Waals surface area contributed by atoms with Crippen molar-refractivity contribution in [3.8, 4) is 5.75 Å². The number of aromatic nitrogens is 1. The maximum absolute atomic E-state index is 12.4. The molecule has 0 spiro atoms. The van der Waals surface area contributed by atoms with Crippen molar-refractivity contribution in [2.75, 3.05) is 13.7 Å². The zero-order valence-corrected chi connectivity index (χ0v) is 15.7. The minimum atomic E-state index is -0.239. The van der Waals surface area contributed by atoms with Gasteiger partial charge in [-0.25, -0.2) is 0 Å². The van der Waals surface area contributed by atoms with Crippen molar-refractivity contribution in [1.29, 1.82) is 0 Å². The molecule has 2 aliphatic rings. The smallest absolute Gasteiger partial charge is 0.249 e. The Morgan fingerprint density at radius 2 is 2.15 bits per heavy atom. The van der Waals surface area contributed by atoms with Gasteiger partial charge in [-0.2, -0.15) is 0 Å². The molecule has 26 heavy (non-hydrogen) atoms. The topological polar surface area (TPSA) is 52.5 Å². The summed E-state index contributed by atoms with van der Waals surface area (Å²) in [6.45, 7) is 0.712. The lowest BCUT2D eigenvalue weighted by Crippen LogP contribution is -2.43. The Morgan fingerprint density at radius 1 is 1.27 bits per heavy atom. The number of benzene rings is 1. The molecule has 0 radical (unpaired) electrons. The summed E-state index contributed by atoms with van der Waals surface area (Å²) in [5.41, 5.74) is 2.60. The highest BCUT2D eigenvalue weighted by Crippen LogP contribution is 2.38. The second kappa shape index (κ2) is 7.31. The summed E-state index contributed by atoms with van der Waals surface area (Å²) < 4.78 is 13.1. The Kier molecular flexibility index (Phi) is 4.90. The van der Waals surface area contributed by atoms with Gasteiger partial charge in [-0.15, -0.1) is 0 Å². The Labute approximate surface area is 154 Å². The number of nitrogens with one attached hydrogen (secondary N) is 1. The van der Waals surface area contributed by atoms with Crippen LogP contribution in [0.15, 0.2) is 24.4 Å². The number of carbonyl (C=O) groups excluding carboxylic acids is 1. The number of amides is 1. The van der Waals surface area contributed by atoms with E-state index in [2.05, 4.69) is 35.3 Å². The van der Waals surface area contributed by atoms with Gasteiger partial charge < -0.3 is 19.4 Å². The Morgan fingerprint density at radius 3 is 2.92 bits per heavy atom. The maximum atomic E-state index is 12.4. The van der Waals surface area contributed by atoms with Crippen LogP contribution in [-0.4, -0.2) is 36.3 Å². The molecule has 2 heterocycles. The summed E-state index contributed by atoms with van der Waals surface area (Å²) in [5, 5.41) is 4.51. The van der Waals surface area contributed by atoms with Crippen LogP contribution in [0.2, 0.25) is 0 Å². The van der Waals surface area contributed by atoms with Gasteiger partial charge in [-0.1, -0.05) is 6.42 Å². The second-order valence-corrected chi connectivity index (χ2v) is 7.65. The van der Waals surface area contributed by atoms with Crippen LogP contribution >= 0.6 is 0 Å². The van der Waals surface area contributed by atoms with E-state index in [1.807, 2.05) is 6.07 Å². The van der Waals surface area contributed by atoms with Crippen molar-refractivity contribution >= 4 is 16.8 Å². The molecular formula is C21H28N2O3. The molecule has 2 aromatic rings. The fourth-order valence-corrected chi connectivity index (χ4v) is 4.54. The molecule has 1 amide bonds. The average molecular weight is 356 g/mol. The molecule has 0 bridgehead atoms. The third kappa shape index (κ3) is 3.32. The van der Waals surface area contributed by atoms with Gasteiger partial charge in [0.05, 0.1) is 7.11 Å². The van der Waals surface area contributed by atoms with Crippen molar-refractivity contribution in [2.24, 2.45) is 7.05 Å². The standard InChI is InChI=1S/C21H28N2O3/c1-23-13-18(17-12-16(25-2)8-9-19(17)23)14-5-3-6-15(11-14)22-21(24)20-7-4-10-26-20/h8-9,12-15,20H,3-7,10-11H2,1-2H3,(H,22,24)/t14-,15+,20-/m0/s1. The van der Waals surface area contributed by atoms with E-state index in [1.165, 1.54) is 22.9 Å². The van der Waals surface area contributed by atoms with Crippen LogP contribution < -0.4 is 10.1 Å². The van der Waals surface area contributed by atoms with Crippen LogP contribution in [0.4, 0.5) is 0 Å². The van der Waals surface area contributed by atoms with Crippen LogP contribution in [0.3, 0.4) is 0 Å². The van der Waals surface area contributed by atoms with E-state index in [0.717, 1.165) is 37.9 Å². The number of carbonyl (C=O) groups is 1. The van der Waals surface area contributed by atoms with Crippen molar-refractivity contribution in [1.82, 2.24) is 9.88 Å². The fraction of sp³-hybridized carbons (Fsp3) is 0.571. The molecule has 1 aromatic carbocycles. The lowest BCUT2D eigenvalue weighted by Gasteiger charge is -2.30. The molecule has 1 saturated carbocycles. The normalized spacial score (nSPS) is 26.2. The lowest BCUT2D eigenvalue weighted by molar-refractivity contribution is -0.131. The van der Waals surface area contributed by atoms with Crippen LogP contribution in [-0.2, 0) is 16.6 Å². The number of fused-ring (bicyclic) bond motifs is 1. The summed E-state index contributed by atoms with van der Waals surface area (Å²) in [6.07, 6.45) is 8.21. The fourth-order valence-electron chi connectivity index (χ4n) is 4.54. The van der Waals surface area contributed by atoms with Crippen molar-refractivity contribution in [3.05, 3.63) is 30.0 Å². The van der Waals surface area contributed by atoms with Gasteiger partial charge in [0.15, 0.2) is 0 Å². The van der Waals surface area contributed by atoms with Gasteiger partial charge in [0.1, 0.15) is 11.9 Å². The number of nitrogens with zero attached hydrogens (tertiary/aromatic N) is 1. The van der Waals surface area contributed by atoms with Crippen molar-refractivity contribution in [3.63, 3.8) is 0 Å². The summed E-state index contributed by atoms with van der Waals surface area (Å²) in [6, 6.07) is 6.51. The first-order valence-corrected chi connectivity index (χ1v) is 9.70. The molecule has 1 N–H and O–H groups in total. The molecule has 5 heteroatoms. The highest BCUT2D eigenvalue weighted by atomic mass is 16.5. The van der Waals surface area contributed by atoms with E-state index in [9.17, 15) is 4.79 Å². The van der Waals surface area contributed by atoms with E-state index in [4.69, 9.17) is 9.47 Å². The first kappa shape index (κ1) is 17.4. The molecule has 2 fully saturated rings. The van der Waals surface area contributed by atoms with E-state index >= 15 is 0 Å². The number of hydrogen-bond donors (Lipinski definition) is 1. The van der Waals surface area contributed by atoms with Gasteiger partial charge in [-0.05, 0) is 61.8 Å². The minimum absolute atomic E-state index is 0.0766. The number of ether oxygens (including phenoxy) is 2. The predicted molar refractivity (Wildman–Crippen MR) is 102 cm³/mol. The van der Waals surface area contributed by atoms with E-state index in [0.29, 0.717) is 12.5 Å². The summed E-state index contributed by atoms with van der Waals surface area (Å²) >= 11 is 0. The monoisotopic (exact) mass is 356 g/mol. The van der Waals surface area contributed by atoms with Gasteiger partial charge in [0.25, 0.3) is 0 Å². The van der Waals surface area contributed by atoms with Crippen LogP contribution in [0.5, 0.6) is 5.75 Å². The molecule has 1 aliphatic heterocycles. The third-order valence-corrected chi connectivity index (χ3v) is 5.91. The zero-order valence-electron chi connectivity index (χ0n) is 15.7. The summed E-state index contributed by atoms with van der Waals surface area (Å²) in [4.78, 5) is 12.4. The maximum Gasteiger partial charge on any atom is 0.249 e. The Hall–Kier alpha value is -2.01. The van der Waals surface area contributed by atoms with Crippen molar-refractivity contribution in [2.45, 2.75) is 56.6 Å². The SMILES string of the molecule is COc1ccc2c(c1)c([C@H]1CCC[C@@H](NC(=O)[C@@H]3CCCO3)C1)cn2C. The quantitative estimate of drug-likeness (QED) is 0.912. The molecule has 1 saturated heterocycles. The average Bonchev–Trinajstić information content (AvgIpc) is 3.30. The summed E-state index contributed by atoms with van der Waals surface area (Å²) in [5.74, 6) is 1.44. The third-order valence-electron chi connectivity index (χ3n) is 5.91. The molecule has 1 aliphatic carbocycles. The summed E-state index contributed by atoms with van der Waals surface area (Å²) in [7, 11) is 3.80. The van der Waals surface area contributed by atoms with Crippen molar-refractivity contribution < 1.29 is 14.3 Å². The molecule has 4 rings (SSSR count). The van der Waals surface area contributed by atoms with Gasteiger partial charge in [0, 0.05) is 36.8 Å². The molecular weight excluding hydrogens is 328 g/mol. The predicted octanol–water partition coefficient (Wildman–Crippen LogP) is 3.51. The van der Waals surface area contributed by atoms with Crippen LogP contribution in [0.25, 0.3) is 10.9 Å². The highest BCUT2D eigenvalue weighted by Gasteiger charge is 2.30. The van der Waals surface area contributed by atoms with E-state index in [-0.39, 0.29) is 18.1 Å².